The van der Waals surface area contributed by atoms with E-state index in [1.807, 2.05) is 41.8 Å². The van der Waals surface area contributed by atoms with Crippen molar-refractivity contribution in [3.8, 4) is 10.6 Å². The maximum Gasteiger partial charge on any atom is 0.339 e. The molecule has 2 aromatic carbocycles. The topological polar surface area (TPSA) is 72.0 Å². The van der Waals surface area contributed by atoms with E-state index < -0.39 is 5.97 Å². The number of carbonyl (C=O) groups excluding carboxylic acids is 1. The van der Waals surface area contributed by atoms with Crippen LogP contribution in [-0.2, 0) is 11.3 Å². The highest BCUT2D eigenvalue weighted by molar-refractivity contribution is 7.13. The normalized spacial score (nSPS) is 10.8. The lowest BCUT2D eigenvalue weighted by molar-refractivity contribution is 0.0470. The van der Waals surface area contributed by atoms with Crippen LogP contribution in [0.4, 0.5) is 0 Å². The number of esters is 1. The smallest absolute Gasteiger partial charge is 0.339 e. The second-order valence-electron chi connectivity index (χ2n) is 5.68. The minimum absolute atomic E-state index is 0.0588. The van der Waals surface area contributed by atoms with Gasteiger partial charge >= 0.3 is 5.97 Å². The van der Waals surface area contributed by atoms with Gasteiger partial charge in [0.2, 0.25) is 5.56 Å². The lowest BCUT2D eigenvalue weighted by Crippen LogP contribution is -2.13. The number of hydrogen-bond acceptors (Lipinski definition) is 5. The van der Waals surface area contributed by atoms with E-state index in [1.54, 1.807) is 18.2 Å². The molecule has 0 bridgehead atoms. The van der Waals surface area contributed by atoms with Gasteiger partial charge in [-0.1, -0.05) is 48.5 Å². The number of fused-ring (bicyclic) bond motifs is 1. The van der Waals surface area contributed by atoms with Gasteiger partial charge in [0, 0.05) is 27.9 Å². The molecular weight excluding hydrogens is 348 g/mol. The Morgan fingerprint density at radius 3 is 2.69 bits per heavy atom. The first kappa shape index (κ1) is 16.2. The molecule has 0 aliphatic carbocycles. The Labute approximate surface area is 152 Å². The van der Waals surface area contributed by atoms with Crippen molar-refractivity contribution in [3.05, 3.63) is 87.7 Å². The Bertz CT molecular complexity index is 1130. The number of aromatic nitrogens is 2. The molecule has 0 aliphatic heterocycles. The summed E-state index contributed by atoms with van der Waals surface area (Å²) in [6.45, 7) is 0.0588. The Hall–Kier alpha value is -3.25. The monoisotopic (exact) mass is 362 g/mol. The van der Waals surface area contributed by atoms with Crippen molar-refractivity contribution < 1.29 is 9.53 Å². The summed E-state index contributed by atoms with van der Waals surface area (Å²) in [5, 5.41) is 3.39. The van der Waals surface area contributed by atoms with Crippen molar-refractivity contribution in [2.75, 3.05) is 0 Å². The highest BCUT2D eigenvalue weighted by atomic mass is 32.1. The van der Waals surface area contributed by atoms with Gasteiger partial charge in [0.05, 0.1) is 11.3 Å². The zero-order valence-corrected chi connectivity index (χ0v) is 14.5. The maximum atomic E-state index is 12.5. The van der Waals surface area contributed by atoms with Crippen molar-refractivity contribution >= 4 is 28.2 Å². The third-order valence-corrected chi connectivity index (χ3v) is 4.83. The van der Waals surface area contributed by atoms with E-state index in [0.717, 1.165) is 10.6 Å². The van der Waals surface area contributed by atoms with Crippen LogP contribution in [-0.4, -0.2) is 15.9 Å². The number of benzene rings is 2. The van der Waals surface area contributed by atoms with Crippen molar-refractivity contribution in [1.82, 2.24) is 9.97 Å². The minimum atomic E-state index is -0.540. The van der Waals surface area contributed by atoms with Crippen LogP contribution in [0.2, 0.25) is 0 Å². The summed E-state index contributed by atoms with van der Waals surface area (Å²) >= 11 is 1.50. The van der Waals surface area contributed by atoms with Gasteiger partial charge in [0.15, 0.2) is 0 Å². The maximum absolute atomic E-state index is 12.5. The number of nitrogens with zero attached hydrogens (tertiary/aromatic N) is 1. The SMILES string of the molecule is O=C(OCc1csc(-c2ccccc2)n1)c1cc(=O)[nH]c2ccccc12. The van der Waals surface area contributed by atoms with Gasteiger partial charge in [0.1, 0.15) is 11.6 Å². The first-order valence-electron chi connectivity index (χ1n) is 8.00. The zero-order chi connectivity index (χ0) is 17.9. The molecule has 0 spiro atoms. The number of hydrogen-bond donors (Lipinski definition) is 1. The molecule has 0 radical (unpaired) electrons. The Kier molecular flexibility index (Phi) is 4.33. The predicted octanol–water partition coefficient (Wildman–Crippen LogP) is 4.01. The lowest BCUT2D eigenvalue weighted by Gasteiger charge is -2.06. The first-order valence-corrected chi connectivity index (χ1v) is 8.88. The van der Waals surface area contributed by atoms with Crippen LogP contribution < -0.4 is 5.56 Å². The molecule has 0 unspecified atom stereocenters. The molecule has 2 aromatic heterocycles. The molecule has 0 amide bonds. The number of carbonyl (C=O) groups is 1. The molecule has 1 N–H and O–H groups in total. The number of thiazole rings is 1. The summed E-state index contributed by atoms with van der Waals surface area (Å²) in [6, 6.07) is 18.2. The highest BCUT2D eigenvalue weighted by Crippen LogP contribution is 2.24. The molecule has 0 aliphatic rings. The largest absolute Gasteiger partial charge is 0.456 e. The van der Waals surface area contributed by atoms with Gasteiger partial charge < -0.3 is 9.72 Å². The summed E-state index contributed by atoms with van der Waals surface area (Å²) in [5.41, 5.74) is 2.22. The van der Waals surface area contributed by atoms with Gasteiger partial charge in [-0.3, -0.25) is 4.79 Å². The number of rotatable bonds is 4. The summed E-state index contributed by atoms with van der Waals surface area (Å²) in [6.07, 6.45) is 0. The summed E-state index contributed by atoms with van der Waals surface area (Å²) < 4.78 is 5.38. The molecule has 4 rings (SSSR count). The van der Waals surface area contributed by atoms with Crippen molar-refractivity contribution in [1.29, 1.82) is 0 Å². The van der Waals surface area contributed by atoms with E-state index in [2.05, 4.69) is 9.97 Å². The van der Waals surface area contributed by atoms with E-state index in [1.165, 1.54) is 17.4 Å². The molecule has 6 heteroatoms. The fourth-order valence-corrected chi connectivity index (χ4v) is 3.49. The molecule has 4 aromatic rings. The van der Waals surface area contributed by atoms with Crippen LogP contribution in [0.15, 0.2) is 70.8 Å². The Morgan fingerprint density at radius 1 is 1.08 bits per heavy atom. The van der Waals surface area contributed by atoms with Crippen molar-refractivity contribution in [2.24, 2.45) is 0 Å². The van der Waals surface area contributed by atoms with E-state index in [-0.39, 0.29) is 17.7 Å². The Balaban J connectivity index is 1.53. The molecule has 0 fully saturated rings. The number of H-pyrrole nitrogens is 1. The number of para-hydroxylation sites is 1. The second kappa shape index (κ2) is 6.93. The molecule has 0 saturated heterocycles. The molecule has 0 saturated carbocycles. The molecule has 2 heterocycles. The zero-order valence-electron chi connectivity index (χ0n) is 13.6. The molecule has 5 nitrogen and oxygen atoms in total. The summed E-state index contributed by atoms with van der Waals surface area (Å²) in [4.78, 5) is 31.4. The Morgan fingerprint density at radius 2 is 1.85 bits per heavy atom. The molecule has 0 atom stereocenters. The van der Waals surface area contributed by atoms with E-state index in [9.17, 15) is 9.59 Å². The van der Waals surface area contributed by atoms with Crippen LogP contribution >= 0.6 is 11.3 Å². The lowest BCUT2D eigenvalue weighted by atomic mass is 10.1. The van der Waals surface area contributed by atoms with Gasteiger partial charge in [-0.05, 0) is 6.07 Å². The van der Waals surface area contributed by atoms with E-state index in [4.69, 9.17) is 4.74 Å². The van der Waals surface area contributed by atoms with E-state index in [0.29, 0.717) is 16.6 Å². The predicted molar refractivity (Wildman–Crippen MR) is 101 cm³/mol. The highest BCUT2D eigenvalue weighted by Gasteiger charge is 2.14. The average Bonchev–Trinajstić information content (AvgIpc) is 3.15. The van der Waals surface area contributed by atoms with E-state index >= 15 is 0 Å². The first-order chi connectivity index (χ1) is 12.7. The standard InChI is InChI=1S/C20H14N2O3S/c23-18-10-16(15-8-4-5-9-17(15)22-18)20(24)25-11-14-12-26-19(21-14)13-6-2-1-3-7-13/h1-10,12H,11H2,(H,22,23). The fourth-order valence-electron chi connectivity index (χ4n) is 2.68. The number of pyridine rings is 1. The van der Waals surface area contributed by atoms with Crippen LogP contribution in [0.25, 0.3) is 21.5 Å². The third kappa shape index (κ3) is 3.27. The number of ether oxygens (including phenoxy) is 1. The molecule has 26 heavy (non-hydrogen) atoms. The van der Waals surface area contributed by atoms with Gasteiger partial charge in [-0.15, -0.1) is 11.3 Å². The number of aromatic amines is 1. The summed E-state index contributed by atoms with van der Waals surface area (Å²) in [7, 11) is 0. The fraction of sp³-hybridized carbons (Fsp3) is 0.0500. The van der Waals surface area contributed by atoms with Crippen molar-refractivity contribution in [3.63, 3.8) is 0 Å². The van der Waals surface area contributed by atoms with Crippen LogP contribution in [0.1, 0.15) is 16.1 Å². The van der Waals surface area contributed by atoms with Crippen LogP contribution in [0, 0.1) is 0 Å². The van der Waals surface area contributed by atoms with Crippen molar-refractivity contribution in [2.45, 2.75) is 6.61 Å². The number of nitrogens with one attached hydrogen (secondary N) is 1. The minimum Gasteiger partial charge on any atom is -0.456 e. The molecule has 128 valence electrons. The van der Waals surface area contributed by atoms with Gasteiger partial charge in [-0.2, -0.15) is 0 Å². The van der Waals surface area contributed by atoms with Crippen LogP contribution in [0.5, 0.6) is 0 Å². The average molecular weight is 362 g/mol. The third-order valence-electron chi connectivity index (χ3n) is 3.89. The van der Waals surface area contributed by atoms with Gasteiger partial charge in [-0.25, -0.2) is 9.78 Å². The van der Waals surface area contributed by atoms with Crippen LogP contribution in [0.3, 0.4) is 0 Å². The summed E-state index contributed by atoms with van der Waals surface area (Å²) in [5.74, 6) is -0.540. The second-order valence-corrected chi connectivity index (χ2v) is 6.54. The molecular formula is C20H14N2O3S. The van der Waals surface area contributed by atoms with Gasteiger partial charge in [0.25, 0.3) is 0 Å². The quantitative estimate of drug-likeness (QED) is 0.557.